The van der Waals surface area contributed by atoms with Crippen LogP contribution in [-0.2, 0) is 28.9 Å². The lowest BCUT2D eigenvalue weighted by atomic mass is 10.1. The van der Waals surface area contributed by atoms with E-state index in [9.17, 15) is 14.9 Å². The first-order valence-electron chi connectivity index (χ1n) is 10.8. The minimum atomic E-state index is -0.967. The third-order valence-corrected chi connectivity index (χ3v) is 5.60. The van der Waals surface area contributed by atoms with E-state index in [0.29, 0.717) is 30.8 Å². The maximum absolute atomic E-state index is 12.1. The van der Waals surface area contributed by atoms with Crippen molar-refractivity contribution in [1.29, 1.82) is 5.26 Å². The minimum absolute atomic E-state index is 0.110. The Morgan fingerprint density at radius 2 is 2.15 bits per heavy atom. The zero-order valence-electron chi connectivity index (χ0n) is 18.5. The highest BCUT2D eigenvalue weighted by Gasteiger charge is 2.30. The number of hydrogen-bond acceptors (Lipinski definition) is 6. The summed E-state index contributed by atoms with van der Waals surface area (Å²) in [5.74, 6) is -0.456. The third-order valence-electron chi connectivity index (χ3n) is 5.60. The van der Waals surface area contributed by atoms with Gasteiger partial charge in [-0.25, -0.2) is 9.78 Å². The summed E-state index contributed by atoms with van der Waals surface area (Å²) in [6.45, 7) is 3.84. The highest BCUT2D eigenvalue weighted by Crippen LogP contribution is 2.35. The molecular formula is C24H25N5O4. The number of rotatable bonds is 7. The quantitative estimate of drug-likeness (QED) is 0.508. The molecule has 3 aromatic rings. The highest BCUT2D eigenvalue weighted by atomic mass is 16.6. The van der Waals surface area contributed by atoms with Gasteiger partial charge in [0.25, 0.3) is 0 Å². The molecule has 0 fully saturated rings. The van der Waals surface area contributed by atoms with Crippen molar-refractivity contribution in [1.82, 2.24) is 14.9 Å². The van der Waals surface area contributed by atoms with Crippen molar-refractivity contribution in [2.75, 3.05) is 11.9 Å². The number of aromatic nitrogens is 2. The normalized spacial score (nSPS) is 14.7. The van der Waals surface area contributed by atoms with Gasteiger partial charge < -0.3 is 25.0 Å². The fourth-order valence-electron chi connectivity index (χ4n) is 4.31. The average molecular weight is 447 g/mol. The van der Waals surface area contributed by atoms with Crippen molar-refractivity contribution in [3.63, 3.8) is 0 Å². The van der Waals surface area contributed by atoms with Gasteiger partial charge in [0.1, 0.15) is 12.4 Å². The van der Waals surface area contributed by atoms with E-state index in [1.165, 1.54) is 0 Å². The fraction of sp³-hybridized carbons (Fsp3) is 0.333. The molecule has 33 heavy (non-hydrogen) atoms. The molecule has 1 aliphatic rings. The van der Waals surface area contributed by atoms with Crippen molar-refractivity contribution < 1.29 is 19.4 Å². The Hall–Kier alpha value is -4.06. The number of alkyl carbamates (subject to hydrolysis) is 1. The highest BCUT2D eigenvalue weighted by molar-refractivity contribution is 5.88. The molecule has 170 valence electrons. The number of nitrogens with zero attached hydrogens (tertiary/aromatic N) is 3. The molecule has 0 aliphatic heterocycles. The summed E-state index contributed by atoms with van der Waals surface area (Å²) in [6, 6.07) is 11.4. The number of carboxylic acid groups (broad SMARTS) is 1. The Morgan fingerprint density at radius 3 is 2.88 bits per heavy atom. The largest absolute Gasteiger partial charge is 0.480 e. The first-order valence-corrected chi connectivity index (χ1v) is 10.8. The van der Waals surface area contributed by atoms with E-state index in [1.54, 1.807) is 26.1 Å². The molecule has 1 aliphatic carbocycles. The van der Waals surface area contributed by atoms with Crippen molar-refractivity contribution in [3.8, 4) is 6.07 Å². The number of pyridine rings is 1. The van der Waals surface area contributed by atoms with Gasteiger partial charge >= 0.3 is 12.1 Å². The molecule has 2 aromatic heterocycles. The lowest BCUT2D eigenvalue weighted by molar-refractivity contribution is -0.134. The second-order valence-corrected chi connectivity index (χ2v) is 8.32. The van der Waals surface area contributed by atoms with E-state index in [0.717, 1.165) is 27.7 Å². The third kappa shape index (κ3) is 4.75. The topological polar surface area (TPSA) is 129 Å². The molecule has 0 radical (unpaired) electrons. The number of carboxylic acids is 1. The summed E-state index contributed by atoms with van der Waals surface area (Å²) >= 11 is 0. The van der Waals surface area contributed by atoms with Gasteiger partial charge in [0, 0.05) is 40.8 Å². The number of ether oxygens (including phenoxy) is 1. The Bertz CT molecular complexity index is 1260. The van der Waals surface area contributed by atoms with E-state index in [2.05, 4.69) is 26.3 Å². The van der Waals surface area contributed by atoms with Gasteiger partial charge in [-0.2, -0.15) is 5.26 Å². The SMILES string of the molecule is CC(C)OC(=O)N[C@H]1Cc2c(n(Cc3cccnc3NCC(=O)O)c3ccc(C#N)cc23)C1. The van der Waals surface area contributed by atoms with E-state index < -0.39 is 12.1 Å². The number of carbonyl (C=O) groups is 2. The number of aliphatic carboxylic acids is 1. The van der Waals surface area contributed by atoms with Crippen LogP contribution in [0.5, 0.6) is 0 Å². The summed E-state index contributed by atoms with van der Waals surface area (Å²) in [5.41, 5.74) is 4.57. The molecule has 9 heteroatoms. The van der Waals surface area contributed by atoms with Gasteiger partial charge in [-0.1, -0.05) is 6.07 Å². The summed E-state index contributed by atoms with van der Waals surface area (Å²) in [4.78, 5) is 27.5. The zero-order chi connectivity index (χ0) is 23.5. The van der Waals surface area contributed by atoms with E-state index in [4.69, 9.17) is 9.84 Å². The number of fused-ring (bicyclic) bond motifs is 3. The van der Waals surface area contributed by atoms with Gasteiger partial charge in [0.05, 0.1) is 24.3 Å². The Balaban J connectivity index is 1.69. The van der Waals surface area contributed by atoms with E-state index >= 15 is 0 Å². The molecule has 9 nitrogen and oxygen atoms in total. The minimum Gasteiger partial charge on any atom is -0.480 e. The molecule has 0 saturated carbocycles. The van der Waals surface area contributed by atoms with Crippen LogP contribution in [0.3, 0.4) is 0 Å². The average Bonchev–Trinajstić information content (AvgIpc) is 3.29. The molecule has 1 amide bonds. The number of carbonyl (C=O) groups excluding carboxylic acids is 1. The van der Waals surface area contributed by atoms with Crippen LogP contribution in [0.25, 0.3) is 10.9 Å². The number of nitriles is 1. The number of amides is 1. The van der Waals surface area contributed by atoms with E-state index in [-0.39, 0.29) is 18.7 Å². The fourth-order valence-corrected chi connectivity index (χ4v) is 4.31. The number of benzene rings is 1. The first-order chi connectivity index (χ1) is 15.9. The molecule has 4 rings (SSSR count). The molecule has 0 spiro atoms. The lowest BCUT2D eigenvalue weighted by Gasteiger charge is -2.17. The maximum Gasteiger partial charge on any atom is 0.407 e. The summed E-state index contributed by atoms with van der Waals surface area (Å²) in [5, 5.41) is 25.2. The summed E-state index contributed by atoms with van der Waals surface area (Å²) < 4.78 is 7.39. The summed E-state index contributed by atoms with van der Waals surface area (Å²) in [6.07, 6.45) is 2.23. The van der Waals surface area contributed by atoms with Gasteiger partial charge in [-0.3, -0.25) is 4.79 Å². The zero-order valence-corrected chi connectivity index (χ0v) is 18.5. The summed E-state index contributed by atoms with van der Waals surface area (Å²) in [7, 11) is 0. The first kappa shape index (κ1) is 22.1. The van der Waals surface area contributed by atoms with E-state index in [1.807, 2.05) is 24.3 Å². The number of hydrogen-bond donors (Lipinski definition) is 3. The Kier molecular flexibility index (Phi) is 6.18. The van der Waals surface area contributed by atoms with Crippen LogP contribution in [0.4, 0.5) is 10.6 Å². The monoisotopic (exact) mass is 447 g/mol. The molecular weight excluding hydrogens is 422 g/mol. The molecule has 2 heterocycles. The van der Waals surface area contributed by atoms with Crippen LogP contribution in [-0.4, -0.2) is 45.4 Å². The molecule has 1 aromatic carbocycles. The van der Waals surface area contributed by atoms with Gasteiger partial charge in [-0.05, 0) is 50.1 Å². The van der Waals surface area contributed by atoms with Crippen LogP contribution in [0.1, 0.15) is 36.2 Å². The van der Waals surface area contributed by atoms with Crippen LogP contribution in [0.15, 0.2) is 36.5 Å². The predicted octanol–water partition coefficient (Wildman–Crippen LogP) is 3.05. The van der Waals surface area contributed by atoms with Crippen molar-refractivity contribution in [3.05, 3.63) is 58.9 Å². The Morgan fingerprint density at radius 1 is 1.33 bits per heavy atom. The Labute approximate surface area is 191 Å². The van der Waals surface area contributed by atoms with Gasteiger partial charge in [-0.15, -0.1) is 0 Å². The van der Waals surface area contributed by atoms with Crippen molar-refractivity contribution in [2.24, 2.45) is 0 Å². The molecule has 0 bridgehead atoms. The van der Waals surface area contributed by atoms with Crippen LogP contribution >= 0.6 is 0 Å². The van der Waals surface area contributed by atoms with Gasteiger partial charge in [0.2, 0.25) is 0 Å². The smallest absolute Gasteiger partial charge is 0.407 e. The van der Waals surface area contributed by atoms with Crippen LogP contribution in [0.2, 0.25) is 0 Å². The van der Waals surface area contributed by atoms with Crippen LogP contribution in [0, 0.1) is 11.3 Å². The number of nitrogens with one attached hydrogen (secondary N) is 2. The standard InChI is InChI=1S/C24H25N5O4/c1-14(2)33-24(32)28-17-9-19-18-8-15(11-25)5-6-20(18)29(21(19)10-17)13-16-4-3-7-26-23(16)27-12-22(30)31/h3-8,14,17H,9-10,12-13H2,1-2H3,(H,26,27)(H,28,32)(H,30,31)/t17-/m0/s1. The maximum atomic E-state index is 12.1. The van der Waals surface area contributed by atoms with Crippen molar-refractivity contribution >= 4 is 28.8 Å². The molecule has 0 saturated heterocycles. The second kappa shape index (κ2) is 9.20. The predicted molar refractivity (Wildman–Crippen MR) is 122 cm³/mol. The lowest BCUT2D eigenvalue weighted by Crippen LogP contribution is -2.37. The molecule has 3 N–H and O–H groups in total. The van der Waals surface area contributed by atoms with Crippen molar-refractivity contribution in [2.45, 2.75) is 45.4 Å². The second-order valence-electron chi connectivity index (χ2n) is 8.32. The van der Waals surface area contributed by atoms with Crippen LogP contribution < -0.4 is 10.6 Å². The number of anilines is 1. The molecule has 0 unspecified atom stereocenters. The molecule has 1 atom stereocenters. The van der Waals surface area contributed by atoms with Gasteiger partial charge in [0.15, 0.2) is 0 Å².